The van der Waals surface area contributed by atoms with Crippen molar-refractivity contribution in [3.63, 3.8) is 0 Å². The first-order valence-electron chi connectivity index (χ1n) is 8.17. The van der Waals surface area contributed by atoms with E-state index in [0.29, 0.717) is 0 Å². The molecular formula is C19H18N4O. The molecule has 0 fully saturated rings. The van der Waals surface area contributed by atoms with Gasteiger partial charge in [0.1, 0.15) is 23.4 Å². The fourth-order valence-electron chi connectivity index (χ4n) is 2.75. The van der Waals surface area contributed by atoms with Gasteiger partial charge in [0.2, 0.25) is 0 Å². The van der Waals surface area contributed by atoms with Gasteiger partial charge in [0.25, 0.3) is 0 Å². The van der Waals surface area contributed by atoms with Gasteiger partial charge in [0.05, 0.1) is 12.8 Å². The number of aromatic amines is 1. The number of nitrogens with one attached hydrogen (secondary N) is 1. The smallest absolute Gasteiger partial charge is 0.161 e. The summed E-state index contributed by atoms with van der Waals surface area (Å²) in [5, 5.41) is 2.25. The predicted molar refractivity (Wildman–Crippen MR) is 95.0 cm³/mol. The highest BCUT2D eigenvalue weighted by atomic mass is 16.5. The molecule has 5 nitrogen and oxygen atoms in total. The van der Waals surface area contributed by atoms with Gasteiger partial charge >= 0.3 is 0 Å². The Morgan fingerprint density at radius 3 is 3.00 bits per heavy atom. The molecule has 0 unspecified atom stereocenters. The van der Waals surface area contributed by atoms with Crippen molar-refractivity contribution in [3.05, 3.63) is 48.9 Å². The van der Waals surface area contributed by atoms with Crippen molar-refractivity contribution in [3.8, 4) is 17.1 Å². The lowest BCUT2D eigenvalue weighted by atomic mass is 10.1. The highest BCUT2D eigenvalue weighted by Crippen LogP contribution is 2.29. The summed E-state index contributed by atoms with van der Waals surface area (Å²) in [7, 11) is 0. The number of benzene rings is 2. The Kier molecular flexibility index (Phi) is 3.83. The minimum atomic E-state index is 0.747. The van der Waals surface area contributed by atoms with Gasteiger partial charge in [-0.3, -0.25) is 0 Å². The summed E-state index contributed by atoms with van der Waals surface area (Å²) in [6, 6.07) is 12.4. The number of hydrogen-bond acceptors (Lipinski definition) is 4. The predicted octanol–water partition coefficient (Wildman–Crippen LogP) is 4.35. The van der Waals surface area contributed by atoms with Crippen LogP contribution < -0.4 is 4.74 Å². The average molecular weight is 318 g/mol. The van der Waals surface area contributed by atoms with E-state index in [-0.39, 0.29) is 0 Å². The number of H-pyrrole nitrogens is 1. The molecule has 0 aliphatic heterocycles. The zero-order valence-electron chi connectivity index (χ0n) is 13.5. The molecule has 1 N–H and O–H groups in total. The number of unbranched alkanes of at least 4 members (excludes halogenated alkanes) is 1. The molecular weight excluding hydrogens is 300 g/mol. The maximum Gasteiger partial charge on any atom is 0.161 e. The molecule has 2 heterocycles. The molecule has 0 spiro atoms. The molecule has 0 aliphatic rings. The molecule has 2 aromatic carbocycles. The highest BCUT2D eigenvalue weighted by Gasteiger charge is 2.08. The first kappa shape index (κ1) is 14.6. The molecule has 0 amide bonds. The van der Waals surface area contributed by atoms with Gasteiger partial charge in [0, 0.05) is 10.9 Å². The highest BCUT2D eigenvalue weighted by molar-refractivity contribution is 5.91. The Morgan fingerprint density at radius 1 is 1.17 bits per heavy atom. The van der Waals surface area contributed by atoms with Crippen LogP contribution in [0.2, 0.25) is 0 Å². The minimum absolute atomic E-state index is 0.747. The first-order valence-corrected chi connectivity index (χ1v) is 8.17. The lowest BCUT2D eigenvalue weighted by Crippen LogP contribution is -1.96. The molecule has 5 heteroatoms. The largest absolute Gasteiger partial charge is 0.493 e. The van der Waals surface area contributed by atoms with Gasteiger partial charge in [-0.25, -0.2) is 15.0 Å². The van der Waals surface area contributed by atoms with E-state index < -0.39 is 0 Å². The van der Waals surface area contributed by atoms with Crippen molar-refractivity contribution in [2.45, 2.75) is 19.8 Å². The molecule has 0 bridgehead atoms. The van der Waals surface area contributed by atoms with Gasteiger partial charge in [0.15, 0.2) is 5.65 Å². The second-order valence-corrected chi connectivity index (χ2v) is 5.74. The van der Waals surface area contributed by atoms with Gasteiger partial charge in [-0.05, 0) is 30.0 Å². The van der Waals surface area contributed by atoms with Crippen LogP contribution in [0.1, 0.15) is 19.8 Å². The summed E-state index contributed by atoms with van der Waals surface area (Å²) < 4.78 is 5.91. The molecule has 24 heavy (non-hydrogen) atoms. The van der Waals surface area contributed by atoms with Crippen LogP contribution >= 0.6 is 0 Å². The Bertz CT molecular complexity index is 960. The number of nitrogens with zero attached hydrogens (tertiary/aromatic N) is 3. The Labute approximate surface area is 139 Å². The van der Waals surface area contributed by atoms with E-state index in [1.807, 2.05) is 12.1 Å². The van der Waals surface area contributed by atoms with Crippen LogP contribution in [0.5, 0.6) is 5.75 Å². The summed E-state index contributed by atoms with van der Waals surface area (Å²) in [6.45, 7) is 2.91. The van der Waals surface area contributed by atoms with Gasteiger partial charge < -0.3 is 9.72 Å². The van der Waals surface area contributed by atoms with E-state index >= 15 is 0 Å². The van der Waals surface area contributed by atoms with Crippen LogP contribution in [0, 0.1) is 0 Å². The van der Waals surface area contributed by atoms with E-state index in [9.17, 15) is 0 Å². The van der Waals surface area contributed by atoms with E-state index in [0.717, 1.165) is 58.5 Å². The van der Waals surface area contributed by atoms with Crippen LogP contribution in [-0.4, -0.2) is 26.5 Å². The number of imidazole rings is 1. The molecule has 2 aromatic heterocycles. The summed E-state index contributed by atoms with van der Waals surface area (Å²) in [4.78, 5) is 16.0. The van der Waals surface area contributed by atoms with E-state index in [4.69, 9.17) is 4.74 Å². The minimum Gasteiger partial charge on any atom is -0.493 e. The third-order valence-corrected chi connectivity index (χ3v) is 4.03. The Balaban J connectivity index is 1.72. The lowest BCUT2D eigenvalue weighted by Gasteiger charge is -2.09. The zero-order valence-corrected chi connectivity index (χ0v) is 13.5. The zero-order chi connectivity index (χ0) is 16.4. The molecule has 0 saturated carbocycles. The standard InChI is InChI=1S/C19H18N4O/c1-2-3-9-24-17-6-4-5-13-10-14(7-8-15(13)17)18-22-16-11-20-12-21-19(16)23-18/h4-8,10-12H,2-3,9H2,1H3,(H,20,21,22,23). The van der Waals surface area contributed by atoms with Crippen molar-refractivity contribution >= 4 is 21.9 Å². The van der Waals surface area contributed by atoms with Gasteiger partial charge in [-0.1, -0.05) is 31.5 Å². The molecule has 120 valence electrons. The van der Waals surface area contributed by atoms with E-state index in [1.165, 1.54) is 6.33 Å². The molecule has 4 aromatic rings. The van der Waals surface area contributed by atoms with Crippen LogP contribution in [0.4, 0.5) is 0 Å². The summed E-state index contributed by atoms with van der Waals surface area (Å²) in [6.07, 6.45) is 5.42. The van der Waals surface area contributed by atoms with Gasteiger partial charge in [-0.15, -0.1) is 0 Å². The van der Waals surface area contributed by atoms with Crippen molar-refractivity contribution in [2.75, 3.05) is 6.61 Å². The number of rotatable bonds is 5. The Hall–Kier alpha value is -2.95. The van der Waals surface area contributed by atoms with Crippen molar-refractivity contribution < 1.29 is 4.74 Å². The summed E-state index contributed by atoms with van der Waals surface area (Å²) in [5.41, 5.74) is 2.53. The average Bonchev–Trinajstić information content (AvgIpc) is 3.06. The van der Waals surface area contributed by atoms with E-state index in [1.54, 1.807) is 6.20 Å². The third kappa shape index (κ3) is 2.69. The Morgan fingerprint density at radius 2 is 2.12 bits per heavy atom. The number of hydrogen-bond donors (Lipinski definition) is 1. The van der Waals surface area contributed by atoms with Crippen LogP contribution in [0.15, 0.2) is 48.9 Å². The quantitative estimate of drug-likeness (QED) is 0.556. The number of ether oxygens (including phenoxy) is 1. The van der Waals surface area contributed by atoms with Crippen LogP contribution in [-0.2, 0) is 0 Å². The number of fused-ring (bicyclic) bond motifs is 2. The maximum atomic E-state index is 5.91. The first-order chi connectivity index (χ1) is 11.8. The second-order valence-electron chi connectivity index (χ2n) is 5.74. The SMILES string of the molecule is CCCCOc1cccc2cc(-c3nc4cncnc4[nH]3)ccc12. The summed E-state index contributed by atoms with van der Waals surface area (Å²) in [5.74, 6) is 1.73. The molecule has 0 saturated heterocycles. The van der Waals surface area contributed by atoms with Crippen LogP contribution in [0.3, 0.4) is 0 Å². The molecule has 0 aliphatic carbocycles. The monoisotopic (exact) mass is 318 g/mol. The molecule has 4 rings (SSSR count). The fraction of sp³-hybridized carbons (Fsp3) is 0.211. The topological polar surface area (TPSA) is 63.7 Å². The fourth-order valence-corrected chi connectivity index (χ4v) is 2.75. The summed E-state index contributed by atoms with van der Waals surface area (Å²) >= 11 is 0. The normalized spacial score (nSPS) is 11.2. The van der Waals surface area contributed by atoms with Crippen molar-refractivity contribution in [1.29, 1.82) is 0 Å². The molecule has 0 radical (unpaired) electrons. The number of aromatic nitrogens is 4. The maximum absolute atomic E-state index is 5.91. The van der Waals surface area contributed by atoms with Crippen LogP contribution in [0.25, 0.3) is 33.3 Å². The second kappa shape index (κ2) is 6.28. The van der Waals surface area contributed by atoms with Crippen molar-refractivity contribution in [2.24, 2.45) is 0 Å². The lowest BCUT2D eigenvalue weighted by molar-refractivity contribution is 0.313. The molecule has 0 atom stereocenters. The van der Waals surface area contributed by atoms with Crippen molar-refractivity contribution in [1.82, 2.24) is 19.9 Å². The third-order valence-electron chi connectivity index (χ3n) is 4.03. The van der Waals surface area contributed by atoms with Gasteiger partial charge in [-0.2, -0.15) is 0 Å². The van der Waals surface area contributed by atoms with E-state index in [2.05, 4.69) is 51.1 Å².